The molecular weight excluding hydrogens is 1040 g/mol. The molecule has 0 saturated heterocycles. The SMILES string of the molecule is c1ccc(N(c2ccccc2)c2cc3c4c(c2)N(c2ccccc2)c2c(cc5c6c2c2ccccc2n6-c2cc(N(c6ccccc6)c6ccccc6)cc6c2B5c2ccccc2N6c2ccccc2)B4c2ccccc2[Se]3)cc1. The Bertz CT molecular complexity index is 4520. The number of aromatic nitrogens is 1. The van der Waals surface area contributed by atoms with Crippen LogP contribution in [0.3, 0.4) is 0 Å². The first-order valence-corrected chi connectivity index (χ1v) is 29.3. The third-order valence-corrected chi connectivity index (χ3v) is 19.3. The second-order valence-electron chi connectivity index (χ2n) is 21.2. The van der Waals surface area contributed by atoms with Crippen LogP contribution in [0.15, 0.2) is 285 Å². The number of fused-ring (bicyclic) bond motifs is 12. The van der Waals surface area contributed by atoms with Crippen molar-refractivity contribution in [2.45, 2.75) is 0 Å². The molecule has 4 aliphatic heterocycles. The Labute approximate surface area is 472 Å². The second kappa shape index (κ2) is 17.9. The van der Waals surface area contributed by atoms with Crippen molar-refractivity contribution in [2.75, 3.05) is 19.6 Å². The number of nitrogens with zero attached hydrogens (tertiary/aromatic N) is 5. The zero-order valence-electron chi connectivity index (χ0n) is 43.4. The van der Waals surface area contributed by atoms with Crippen molar-refractivity contribution in [3.8, 4) is 5.69 Å². The zero-order valence-corrected chi connectivity index (χ0v) is 45.1. The molecule has 0 aliphatic carbocycles. The molecule has 0 atom stereocenters. The standard InChI is InChI=1S/C72H47B2N5Se/c1-7-25-48(26-8-1)75(49-27-9-2-10-28-49)54-43-63-69-64(44-54)79-61-40-22-19-37-56(61)68-71-59(47-60(72(68)79)73(69)57-38-20-23-41-62(57)77(63)52-33-15-5-16-34-52)74-58-39-21-24-42-66(58)80-67-46-55(45-65(70(67)74)78(71)53-35-17-6-18-36-53)76(50-29-11-3-12-30-50)51-31-13-4-14-32-51/h1-47H. The van der Waals surface area contributed by atoms with Gasteiger partial charge in [-0.3, -0.25) is 0 Å². The molecule has 13 aromatic rings. The summed E-state index contributed by atoms with van der Waals surface area (Å²) < 4.78 is 5.50. The molecule has 0 fully saturated rings. The molecule has 12 aromatic carbocycles. The number of benzene rings is 12. The van der Waals surface area contributed by atoms with Gasteiger partial charge >= 0.3 is 385 Å². The predicted molar refractivity (Wildman–Crippen MR) is 340 cm³/mol. The van der Waals surface area contributed by atoms with Crippen LogP contribution in [0.25, 0.3) is 27.5 Å². The number of hydrogen-bond acceptors (Lipinski definition) is 4. The Kier molecular flexibility index (Phi) is 10.2. The molecule has 0 unspecified atom stereocenters. The van der Waals surface area contributed by atoms with Gasteiger partial charge in [0.15, 0.2) is 0 Å². The van der Waals surface area contributed by atoms with E-state index in [9.17, 15) is 0 Å². The summed E-state index contributed by atoms with van der Waals surface area (Å²) in [4.78, 5) is 10.1. The molecule has 0 spiro atoms. The molecule has 8 heteroatoms. The van der Waals surface area contributed by atoms with Crippen LogP contribution in [0.1, 0.15) is 0 Å². The summed E-state index contributed by atoms with van der Waals surface area (Å²) >= 11 is 0.0304. The van der Waals surface area contributed by atoms with E-state index in [0.717, 1.165) is 45.5 Å². The minimum atomic E-state index is -0.0847. The Morgan fingerprint density at radius 2 is 0.775 bits per heavy atom. The monoisotopic (exact) mass is 1080 g/mol. The average Bonchev–Trinajstić information content (AvgIpc) is 4.08. The Morgan fingerprint density at radius 1 is 0.312 bits per heavy atom. The first kappa shape index (κ1) is 45.3. The molecule has 5 nitrogen and oxygen atoms in total. The second-order valence-corrected chi connectivity index (χ2v) is 23.4. The summed E-state index contributed by atoms with van der Waals surface area (Å²) in [6.45, 7) is -0.104. The van der Waals surface area contributed by atoms with Gasteiger partial charge in [0.25, 0.3) is 0 Å². The fourth-order valence-corrected chi connectivity index (χ4v) is 16.3. The maximum absolute atomic E-state index is 2.67. The van der Waals surface area contributed by atoms with Crippen LogP contribution in [-0.2, 0) is 0 Å². The summed E-state index contributed by atoms with van der Waals surface area (Å²) in [6, 6.07) is 106. The van der Waals surface area contributed by atoms with E-state index >= 15 is 0 Å². The van der Waals surface area contributed by atoms with Gasteiger partial charge in [-0.25, -0.2) is 0 Å². The van der Waals surface area contributed by atoms with Crippen LogP contribution < -0.4 is 61.3 Å². The van der Waals surface area contributed by atoms with Crippen LogP contribution in [0, 0.1) is 0 Å². The van der Waals surface area contributed by atoms with Crippen LogP contribution in [-0.4, -0.2) is 32.9 Å². The predicted octanol–water partition coefficient (Wildman–Crippen LogP) is 12.6. The first-order chi connectivity index (χ1) is 39.7. The van der Waals surface area contributed by atoms with E-state index in [1.54, 1.807) is 0 Å². The number of rotatable bonds is 8. The molecule has 0 amide bonds. The number of hydrogen-bond donors (Lipinski definition) is 0. The first-order valence-electron chi connectivity index (χ1n) is 27.6. The van der Waals surface area contributed by atoms with E-state index in [1.807, 2.05) is 0 Å². The molecule has 80 heavy (non-hydrogen) atoms. The zero-order chi connectivity index (χ0) is 52.4. The van der Waals surface area contributed by atoms with Gasteiger partial charge in [-0.15, -0.1) is 0 Å². The summed E-state index contributed by atoms with van der Waals surface area (Å²) in [6.07, 6.45) is 0. The van der Waals surface area contributed by atoms with Crippen molar-refractivity contribution in [3.05, 3.63) is 285 Å². The van der Waals surface area contributed by atoms with Crippen molar-refractivity contribution >= 4 is 160 Å². The van der Waals surface area contributed by atoms with Crippen molar-refractivity contribution in [1.29, 1.82) is 0 Å². The van der Waals surface area contributed by atoms with Crippen molar-refractivity contribution in [3.63, 3.8) is 0 Å². The molecule has 0 saturated carbocycles. The molecule has 0 N–H and O–H groups in total. The third-order valence-electron chi connectivity index (χ3n) is 16.9. The quantitative estimate of drug-likeness (QED) is 0.141. The van der Waals surface area contributed by atoms with E-state index < -0.39 is 0 Å². The Balaban J connectivity index is 1.02. The van der Waals surface area contributed by atoms with Crippen molar-refractivity contribution in [2.24, 2.45) is 0 Å². The Hall–Kier alpha value is -9.71. The molecule has 0 bridgehead atoms. The van der Waals surface area contributed by atoms with Crippen LogP contribution in [0.5, 0.6) is 0 Å². The van der Waals surface area contributed by atoms with Gasteiger partial charge in [0.2, 0.25) is 0 Å². The molecule has 372 valence electrons. The van der Waals surface area contributed by atoms with Gasteiger partial charge in [-0.1, -0.05) is 54.6 Å². The number of para-hydroxylation sites is 8. The third kappa shape index (κ3) is 6.67. The van der Waals surface area contributed by atoms with Gasteiger partial charge in [-0.2, -0.15) is 0 Å². The maximum atomic E-state index is 2.67. The van der Waals surface area contributed by atoms with E-state index in [1.165, 1.54) is 91.9 Å². The van der Waals surface area contributed by atoms with Gasteiger partial charge in [0.1, 0.15) is 0 Å². The van der Waals surface area contributed by atoms with Gasteiger partial charge < -0.3 is 0 Å². The van der Waals surface area contributed by atoms with Crippen molar-refractivity contribution < 1.29 is 0 Å². The molecule has 17 rings (SSSR count). The van der Waals surface area contributed by atoms with E-state index in [-0.39, 0.29) is 28.4 Å². The number of anilines is 12. The van der Waals surface area contributed by atoms with E-state index in [0.29, 0.717) is 0 Å². The van der Waals surface area contributed by atoms with Crippen LogP contribution >= 0.6 is 0 Å². The normalized spacial score (nSPS) is 13.1. The fourth-order valence-electron chi connectivity index (χ4n) is 13.8. The molecule has 0 radical (unpaired) electrons. The molecule has 5 heterocycles. The molecule has 4 aliphatic rings. The van der Waals surface area contributed by atoms with Gasteiger partial charge in [0.05, 0.1) is 0 Å². The van der Waals surface area contributed by atoms with Gasteiger partial charge in [-0.05, 0) is 24.3 Å². The summed E-state index contributed by atoms with van der Waals surface area (Å²) in [5.41, 5.74) is 25.5. The Morgan fingerprint density at radius 3 is 1.39 bits per heavy atom. The average molecular weight is 1080 g/mol. The summed E-state index contributed by atoms with van der Waals surface area (Å²) in [7, 11) is 0. The van der Waals surface area contributed by atoms with E-state index in [4.69, 9.17) is 0 Å². The molecular formula is C72H47B2N5Se. The minimum absolute atomic E-state index is 0.0197. The summed E-state index contributed by atoms with van der Waals surface area (Å²) in [5.74, 6) is 0. The van der Waals surface area contributed by atoms with Crippen LogP contribution in [0.4, 0.5) is 68.2 Å². The van der Waals surface area contributed by atoms with Gasteiger partial charge in [0, 0.05) is 11.4 Å². The van der Waals surface area contributed by atoms with E-state index in [2.05, 4.69) is 309 Å². The topological polar surface area (TPSA) is 17.9 Å². The van der Waals surface area contributed by atoms with Crippen molar-refractivity contribution in [1.82, 2.24) is 4.57 Å². The fraction of sp³-hybridized carbons (Fsp3) is 0. The van der Waals surface area contributed by atoms with Crippen LogP contribution in [0.2, 0.25) is 0 Å². The molecule has 1 aromatic heterocycles. The summed E-state index contributed by atoms with van der Waals surface area (Å²) in [5, 5.41) is 2.51.